The molecular weight excluding hydrogens is 436 g/mol. The molecule has 1 aliphatic carbocycles. The van der Waals surface area contributed by atoms with Gasteiger partial charge in [-0.15, -0.1) is 10.2 Å². The summed E-state index contributed by atoms with van der Waals surface area (Å²) in [6, 6.07) is 19.3. The number of hydrogen-bond acceptors (Lipinski definition) is 5. The SMILES string of the molecule is Cc1c(NC(=O)CSc2nnc(C3CC3)n2-c2ccccc2)c(=O)n(-c2ccccc2)n1C. The largest absolute Gasteiger partial charge is 0.319 e. The van der Waals surface area contributed by atoms with E-state index in [0.717, 1.165) is 30.0 Å². The Labute approximate surface area is 195 Å². The molecular formula is C24H24N6O2S. The zero-order valence-corrected chi connectivity index (χ0v) is 19.2. The van der Waals surface area contributed by atoms with Crippen molar-refractivity contribution in [2.24, 2.45) is 7.05 Å². The van der Waals surface area contributed by atoms with Crippen molar-refractivity contribution in [3.8, 4) is 11.4 Å². The summed E-state index contributed by atoms with van der Waals surface area (Å²) in [7, 11) is 1.80. The van der Waals surface area contributed by atoms with Crippen LogP contribution in [-0.4, -0.2) is 35.8 Å². The maximum absolute atomic E-state index is 13.0. The molecule has 1 saturated carbocycles. The fraction of sp³-hybridized carbons (Fsp3) is 0.250. The Kier molecular flexibility index (Phi) is 5.63. The van der Waals surface area contributed by atoms with E-state index >= 15 is 0 Å². The minimum atomic E-state index is -0.262. The van der Waals surface area contributed by atoms with E-state index in [1.807, 2.05) is 72.2 Å². The van der Waals surface area contributed by atoms with Crippen LogP contribution in [0, 0.1) is 6.92 Å². The first-order valence-corrected chi connectivity index (χ1v) is 11.8. The summed E-state index contributed by atoms with van der Waals surface area (Å²) in [5.41, 5.74) is 2.44. The zero-order chi connectivity index (χ0) is 22.9. The first-order chi connectivity index (χ1) is 16.0. The molecule has 2 aromatic carbocycles. The van der Waals surface area contributed by atoms with Crippen molar-refractivity contribution in [1.82, 2.24) is 24.1 Å². The molecule has 5 rings (SSSR count). The summed E-state index contributed by atoms with van der Waals surface area (Å²) in [6.07, 6.45) is 2.22. The van der Waals surface area contributed by atoms with E-state index in [0.29, 0.717) is 16.8 Å². The van der Waals surface area contributed by atoms with Crippen LogP contribution in [-0.2, 0) is 11.8 Å². The topological polar surface area (TPSA) is 86.7 Å². The number of aromatic nitrogens is 5. The fourth-order valence-corrected chi connectivity index (χ4v) is 4.58. The van der Waals surface area contributed by atoms with Gasteiger partial charge in [-0.05, 0) is 44.0 Å². The molecule has 0 unspecified atom stereocenters. The van der Waals surface area contributed by atoms with Crippen LogP contribution in [0.4, 0.5) is 5.69 Å². The fourth-order valence-electron chi connectivity index (χ4n) is 3.82. The molecule has 0 bridgehead atoms. The summed E-state index contributed by atoms with van der Waals surface area (Å²) in [5, 5.41) is 12.2. The van der Waals surface area contributed by atoms with E-state index in [4.69, 9.17) is 0 Å². The Morgan fingerprint density at radius 2 is 1.67 bits per heavy atom. The number of carbonyl (C=O) groups excluding carboxylic acids is 1. The second-order valence-corrected chi connectivity index (χ2v) is 9.00. The Balaban J connectivity index is 1.35. The smallest absolute Gasteiger partial charge is 0.295 e. The monoisotopic (exact) mass is 460 g/mol. The molecule has 1 N–H and O–H groups in total. The van der Waals surface area contributed by atoms with Crippen LogP contribution in [0.25, 0.3) is 11.4 Å². The third-order valence-electron chi connectivity index (χ3n) is 5.77. The van der Waals surface area contributed by atoms with Gasteiger partial charge in [-0.25, -0.2) is 4.68 Å². The maximum atomic E-state index is 13.0. The number of hydrogen-bond donors (Lipinski definition) is 1. The Morgan fingerprint density at radius 3 is 2.30 bits per heavy atom. The van der Waals surface area contributed by atoms with Crippen LogP contribution in [0.2, 0.25) is 0 Å². The molecule has 8 nitrogen and oxygen atoms in total. The highest BCUT2D eigenvalue weighted by Gasteiger charge is 2.31. The lowest BCUT2D eigenvalue weighted by molar-refractivity contribution is -0.113. The van der Waals surface area contributed by atoms with Gasteiger partial charge in [0.1, 0.15) is 11.5 Å². The predicted octanol–water partition coefficient (Wildman–Crippen LogP) is 3.67. The number of nitrogens with zero attached hydrogens (tertiary/aromatic N) is 5. The lowest BCUT2D eigenvalue weighted by Gasteiger charge is -2.09. The van der Waals surface area contributed by atoms with E-state index in [-0.39, 0.29) is 22.9 Å². The van der Waals surface area contributed by atoms with Gasteiger partial charge in [0.2, 0.25) is 5.91 Å². The summed E-state index contributed by atoms with van der Waals surface area (Å²) in [6.45, 7) is 1.82. The summed E-state index contributed by atoms with van der Waals surface area (Å²) < 4.78 is 5.33. The third kappa shape index (κ3) is 4.11. The Bertz CT molecular complexity index is 1350. The van der Waals surface area contributed by atoms with Crippen LogP contribution in [0.15, 0.2) is 70.6 Å². The van der Waals surface area contributed by atoms with Gasteiger partial charge in [-0.3, -0.25) is 18.8 Å². The number of thioether (sulfide) groups is 1. The minimum absolute atomic E-state index is 0.120. The normalized spacial score (nSPS) is 13.3. The second-order valence-electron chi connectivity index (χ2n) is 8.06. The lowest BCUT2D eigenvalue weighted by atomic mass is 10.3. The summed E-state index contributed by atoms with van der Waals surface area (Å²) in [5.74, 6) is 1.22. The van der Waals surface area contributed by atoms with Crippen molar-refractivity contribution < 1.29 is 4.79 Å². The van der Waals surface area contributed by atoms with Crippen LogP contribution < -0.4 is 10.9 Å². The van der Waals surface area contributed by atoms with Crippen LogP contribution >= 0.6 is 11.8 Å². The first-order valence-electron chi connectivity index (χ1n) is 10.8. The van der Waals surface area contributed by atoms with Crippen LogP contribution in [0.3, 0.4) is 0 Å². The molecule has 1 aliphatic rings. The minimum Gasteiger partial charge on any atom is -0.319 e. The Morgan fingerprint density at radius 1 is 1.03 bits per heavy atom. The number of para-hydroxylation sites is 2. The molecule has 2 aromatic heterocycles. The van der Waals surface area contributed by atoms with E-state index in [1.54, 1.807) is 16.4 Å². The highest BCUT2D eigenvalue weighted by Crippen LogP contribution is 2.41. The van der Waals surface area contributed by atoms with Crippen molar-refractivity contribution in [3.05, 3.63) is 82.5 Å². The predicted molar refractivity (Wildman–Crippen MR) is 128 cm³/mol. The number of amides is 1. The number of rotatable bonds is 7. The van der Waals surface area contributed by atoms with Gasteiger partial charge in [0, 0.05) is 18.7 Å². The van der Waals surface area contributed by atoms with Gasteiger partial charge >= 0.3 is 0 Å². The van der Waals surface area contributed by atoms with E-state index in [2.05, 4.69) is 15.5 Å². The van der Waals surface area contributed by atoms with Crippen LogP contribution in [0.1, 0.15) is 30.3 Å². The number of benzene rings is 2. The molecule has 0 atom stereocenters. The quantitative estimate of drug-likeness (QED) is 0.425. The maximum Gasteiger partial charge on any atom is 0.295 e. The van der Waals surface area contributed by atoms with Gasteiger partial charge < -0.3 is 5.32 Å². The molecule has 33 heavy (non-hydrogen) atoms. The molecule has 2 heterocycles. The second kappa shape index (κ2) is 8.74. The van der Waals surface area contributed by atoms with Gasteiger partial charge in [0.05, 0.1) is 17.1 Å². The van der Waals surface area contributed by atoms with Crippen molar-refractivity contribution in [2.45, 2.75) is 30.8 Å². The van der Waals surface area contributed by atoms with Gasteiger partial charge in [-0.2, -0.15) is 0 Å². The van der Waals surface area contributed by atoms with Crippen molar-refractivity contribution in [3.63, 3.8) is 0 Å². The first kappa shape index (κ1) is 21.3. The molecule has 1 fully saturated rings. The average Bonchev–Trinajstić information content (AvgIpc) is 3.56. The Hall–Kier alpha value is -3.59. The summed E-state index contributed by atoms with van der Waals surface area (Å²) in [4.78, 5) is 25.8. The number of anilines is 1. The van der Waals surface area contributed by atoms with Crippen molar-refractivity contribution in [2.75, 3.05) is 11.1 Å². The van der Waals surface area contributed by atoms with E-state index < -0.39 is 0 Å². The van der Waals surface area contributed by atoms with Gasteiger partial charge in [0.25, 0.3) is 5.56 Å². The highest BCUT2D eigenvalue weighted by molar-refractivity contribution is 7.99. The number of carbonyl (C=O) groups is 1. The third-order valence-corrected chi connectivity index (χ3v) is 6.70. The lowest BCUT2D eigenvalue weighted by Crippen LogP contribution is -2.23. The van der Waals surface area contributed by atoms with Gasteiger partial charge in [0.15, 0.2) is 5.16 Å². The zero-order valence-electron chi connectivity index (χ0n) is 18.4. The molecule has 0 saturated heterocycles. The summed E-state index contributed by atoms with van der Waals surface area (Å²) >= 11 is 1.32. The molecule has 9 heteroatoms. The molecule has 0 spiro atoms. The van der Waals surface area contributed by atoms with Gasteiger partial charge in [-0.1, -0.05) is 48.2 Å². The van der Waals surface area contributed by atoms with E-state index in [9.17, 15) is 9.59 Å². The molecule has 1 amide bonds. The standard InChI is InChI=1S/C24H24N6O2S/c1-16-21(23(32)30(28(16)2)19-11-7-4-8-12-19)25-20(31)15-33-24-27-26-22(17-13-14-17)29(24)18-9-5-3-6-10-18/h3-12,17H,13-15H2,1-2H3,(H,25,31). The molecule has 168 valence electrons. The van der Waals surface area contributed by atoms with Crippen molar-refractivity contribution in [1.29, 1.82) is 0 Å². The number of nitrogens with one attached hydrogen (secondary N) is 1. The average molecular weight is 461 g/mol. The molecule has 0 radical (unpaired) electrons. The van der Waals surface area contributed by atoms with Crippen molar-refractivity contribution >= 4 is 23.4 Å². The van der Waals surface area contributed by atoms with E-state index in [1.165, 1.54) is 11.8 Å². The van der Waals surface area contributed by atoms with Crippen LogP contribution in [0.5, 0.6) is 0 Å². The molecule has 0 aliphatic heterocycles. The molecule has 4 aromatic rings. The highest BCUT2D eigenvalue weighted by atomic mass is 32.2.